The van der Waals surface area contributed by atoms with Crippen LogP contribution in [0.25, 0.3) is 0 Å². The van der Waals surface area contributed by atoms with E-state index in [1.165, 1.54) is 0 Å². The first-order valence-electron chi connectivity index (χ1n) is 1.22. The molecule has 0 amide bonds. The van der Waals surface area contributed by atoms with Crippen molar-refractivity contribution >= 4 is 0 Å². The Labute approximate surface area is 83.8 Å². The molecule has 0 rings (SSSR count). The molecule has 0 saturated heterocycles. The second-order valence-corrected chi connectivity index (χ2v) is 0. The molecule has 9 heavy (non-hydrogen) atoms. The van der Waals surface area contributed by atoms with Gasteiger partial charge in [-0.2, -0.15) is 21.3 Å². The third-order valence-corrected chi connectivity index (χ3v) is 0. The van der Waals surface area contributed by atoms with Crippen molar-refractivity contribution in [3.8, 4) is 0 Å². The van der Waals surface area contributed by atoms with Crippen molar-refractivity contribution in [1.82, 2.24) is 0 Å². The first-order valence-corrected chi connectivity index (χ1v) is 1.22. The molecule has 0 aliphatic heterocycles. The molecule has 0 aliphatic carbocycles. The fourth-order valence-electron chi connectivity index (χ4n) is 0. The van der Waals surface area contributed by atoms with Crippen molar-refractivity contribution in [3.05, 3.63) is 0 Å². The third kappa shape index (κ3) is 331. The van der Waals surface area contributed by atoms with Gasteiger partial charge >= 0.3 is 22.4 Å². The quantitative estimate of drug-likeness (QED) is 0.438. The number of hydrogen-bond donors (Lipinski definition) is 0. The standard InChI is InChI=1S/3CH3O.2ClH.Ta/c3*1-2;;;/h3*1H3;2*1H;/q3*-1;;;+5/p-2. The van der Waals surface area contributed by atoms with E-state index in [1.54, 1.807) is 0 Å². The zero-order valence-corrected chi connectivity index (χ0v) is 10.2. The van der Waals surface area contributed by atoms with Crippen LogP contribution in [-0.4, -0.2) is 21.3 Å². The number of rotatable bonds is 0. The Balaban J connectivity index is -0.00000000321. The maximum atomic E-state index is 8.25. The predicted octanol–water partition coefficient (Wildman–Crippen LogP) is -9.07. The second-order valence-electron chi connectivity index (χ2n) is 0. The SMILES string of the molecule is C[O-].C[O-].C[O-].[Cl-].[Cl-].[Ta+5]. The van der Waals surface area contributed by atoms with Crippen LogP contribution in [0, 0.1) is 0 Å². The molecule has 58 valence electrons. The maximum absolute atomic E-state index is 8.25. The van der Waals surface area contributed by atoms with Crippen molar-refractivity contribution < 1.29 is 62.5 Å². The molecule has 0 aromatic heterocycles. The summed E-state index contributed by atoms with van der Waals surface area (Å²) in [7, 11) is 2.25. The van der Waals surface area contributed by atoms with Gasteiger partial charge < -0.3 is 40.1 Å². The van der Waals surface area contributed by atoms with Crippen LogP contribution >= 0.6 is 0 Å². The third-order valence-electron chi connectivity index (χ3n) is 0. The fraction of sp³-hybridized carbons (Fsp3) is 1.00. The van der Waals surface area contributed by atoms with Gasteiger partial charge in [-0.05, 0) is 0 Å². The average molecular weight is 345 g/mol. The molecule has 0 atom stereocenters. The minimum atomic E-state index is 0. The van der Waals surface area contributed by atoms with Crippen LogP contribution in [0.4, 0.5) is 0 Å². The average Bonchev–Trinajstić information content (AvgIpc) is 1.81. The van der Waals surface area contributed by atoms with Gasteiger partial charge in [-0.1, -0.05) is 0 Å². The van der Waals surface area contributed by atoms with Crippen LogP contribution in [-0.2, 0) is 22.4 Å². The normalized spacial score (nSPS) is 2.00. The summed E-state index contributed by atoms with van der Waals surface area (Å²) in [4.78, 5) is 0. The Bertz CT molecular complexity index is 17.0. The summed E-state index contributed by atoms with van der Waals surface area (Å²) in [5.41, 5.74) is 0. The van der Waals surface area contributed by atoms with Crippen LogP contribution in [0.15, 0.2) is 0 Å². The van der Waals surface area contributed by atoms with E-state index in [2.05, 4.69) is 0 Å². The Morgan fingerprint density at radius 1 is 0.556 bits per heavy atom. The van der Waals surface area contributed by atoms with E-state index >= 15 is 0 Å². The van der Waals surface area contributed by atoms with Gasteiger partial charge in [0.25, 0.3) is 0 Å². The molecule has 0 N–H and O–H groups in total. The van der Waals surface area contributed by atoms with Crippen molar-refractivity contribution in [2.24, 2.45) is 0 Å². The molecule has 0 aromatic rings. The molecule has 0 unspecified atom stereocenters. The molecule has 0 aliphatic rings. The van der Waals surface area contributed by atoms with Crippen LogP contribution < -0.4 is 40.1 Å². The van der Waals surface area contributed by atoms with Crippen molar-refractivity contribution in [1.29, 1.82) is 0 Å². The molecule has 0 heterocycles. The molecular weight excluding hydrogens is 336 g/mol. The van der Waals surface area contributed by atoms with Crippen molar-refractivity contribution in [2.45, 2.75) is 0 Å². The molecule has 0 saturated carbocycles. The van der Waals surface area contributed by atoms with E-state index in [9.17, 15) is 0 Å². The Kier molecular flexibility index (Phi) is 2340. The van der Waals surface area contributed by atoms with Gasteiger partial charge in [-0.25, -0.2) is 0 Å². The van der Waals surface area contributed by atoms with E-state index in [1.807, 2.05) is 0 Å². The molecular formula is C3H9Cl2O3Ta. The van der Waals surface area contributed by atoms with E-state index in [0.29, 0.717) is 0 Å². The zero-order valence-electron chi connectivity index (χ0n) is 5.43. The van der Waals surface area contributed by atoms with E-state index in [0.717, 1.165) is 21.3 Å². The summed E-state index contributed by atoms with van der Waals surface area (Å²) in [6.45, 7) is 0. The molecule has 0 fully saturated rings. The summed E-state index contributed by atoms with van der Waals surface area (Å²) in [5, 5.41) is 24.8. The molecule has 0 spiro atoms. The minimum absolute atomic E-state index is 0. The van der Waals surface area contributed by atoms with Crippen LogP contribution in [0.1, 0.15) is 0 Å². The van der Waals surface area contributed by atoms with Gasteiger partial charge in [-0.3, -0.25) is 0 Å². The molecule has 3 nitrogen and oxygen atoms in total. The summed E-state index contributed by atoms with van der Waals surface area (Å²) < 4.78 is 0. The first-order chi connectivity index (χ1) is 3.00. The Hall–Kier alpha value is 1.20. The molecule has 0 radical (unpaired) electrons. The Morgan fingerprint density at radius 2 is 0.556 bits per heavy atom. The number of halogens is 2. The maximum Gasteiger partial charge on any atom is 5.00 e. The van der Waals surface area contributed by atoms with Crippen LogP contribution in [0.2, 0.25) is 0 Å². The van der Waals surface area contributed by atoms with Gasteiger partial charge in [-0.15, -0.1) is 0 Å². The largest absolute Gasteiger partial charge is 5.00 e. The minimum Gasteiger partial charge on any atom is -1.00 e. The summed E-state index contributed by atoms with van der Waals surface area (Å²) in [6, 6.07) is 0. The summed E-state index contributed by atoms with van der Waals surface area (Å²) in [5.74, 6) is 0. The zero-order chi connectivity index (χ0) is 6.00. The predicted molar refractivity (Wildman–Crippen MR) is 17.8 cm³/mol. The monoisotopic (exact) mass is 344 g/mol. The summed E-state index contributed by atoms with van der Waals surface area (Å²) >= 11 is 0. The molecule has 0 bridgehead atoms. The summed E-state index contributed by atoms with van der Waals surface area (Å²) in [6.07, 6.45) is 0. The Morgan fingerprint density at radius 3 is 0.556 bits per heavy atom. The van der Waals surface area contributed by atoms with E-state index in [-0.39, 0.29) is 47.2 Å². The van der Waals surface area contributed by atoms with Crippen molar-refractivity contribution in [2.75, 3.05) is 21.3 Å². The number of hydrogen-bond acceptors (Lipinski definition) is 3. The van der Waals surface area contributed by atoms with Gasteiger partial charge in [0.05, 0.1) is 0 Å². The van der Waals surface area contributed by atoms with Gasteiger partial charge in [0.1, 0.15) is 0 Å². The van der Waals surface area contributed by atoms with Crippen LogP contribution in [0.3, 0.4) is 0 Å². The fourth-order valence-corrected chi connectivity index (χ4v) is 0. The molecule has 0 aromatic carbocycles. The smallest absolute Gasteiger partial charge is 1.00 e. The van der Waals surface area contributed by atoms with E-state index < -0.39 is 0 Å². The van der Waals surface area contributed by atoms with Gasteiger partial charge in [0.15, 0.2) is 0 Å². The topological polar surface area (TPSA) is 69.2 Å². The van der Waals surface area contributed by atoms with E-state index in [4.69, 9.17) is 15.3 Å². The van der Waals surface area contributed by atoms with Crippen molar-refractivity contribution in [3.63, 3.8) is 0 Å². The van der Waals surface area contributed by atoms with Gasteiger partial charge in [0, 0.05) is 0 Å². The van der Waals surface area contributed by atoms with Gasteiger partial charge in [0.2, 0.25) is 0 Å². The second kappa shape index (κ2) is 429. The first kappa shape index (κ1) is 48.9. The van der Waals surface area contributed by atoms with Crippen LogP contribution in [0.5, 0.6) is 0 Å². The molecule has 6 heteroatoms.